The van der Waals surface area contributed by atoms with E-state index in [0.717, 1.165) is 47.7 Å². The van der Waals surface area contributed by atoms with E-state index in [2.05, 4.69) is 25.6 Å². The van der Waals surface area contributed by atoms with Crippen molar-refractivity contribution in [2.75, 3.05) is 52.4 Å². The van der Waals surface area contributed by atoms with Crippen LogP contribution in [-0.2, 0) is 24.4 Å². The number of halogens is 1. The molecule has 2 aromatic rings. The van der Waals surface area contributed by atoms with Gasteiger partial charge >= 0.3 is 0 Å². The van der Waals surface area contributed by atoms with E-state index in [9.17, 15) is 22.8 Å². The molecule has 0 spiro atoms. The molecule has 3 saturated heterocycles. The molecule has 12 heteroatoms. The first-order valence-electron chi connectivity index (χ1n) is 13.9. The fourth-order valence-electron chi connectivity index (χ4n) is 5.98. The number of nitrogens with zero attached hydrogens (tertiary/aromatic N) is 4. The predicted molar refractivity (Wildman–Crippen MR) is 155 cm³/mol. The molecule has 5 rings (SSSR count). The van der Waals surface area contributed by atoms with Gasteiger partial charge in [-0.1, -0.05) is 28.1 Å². The summed E-state index contributed by atoms with van der Waals surface area (Å²) in [6.45, 7) is 6.38. The molecule has 10 nitrogen and oxygen atoms in total. The van der Waals surface area contributed by atoms with Crippen LogP contribution in [0.4, 0.5) is 0 Å². The lowest BCUT2D eigenvalue weighted by Gasteiger charge is -2.38. The minimum absolute atomic E-state index is 0.0451. The monoisotopic (exact) mass is 633 g/mol. The lowest BCUT2D eigenvalue weighted by atomic mass is 10.1. The molecule has 2 atom stereocenters. The van der Waals surface area contributed by atoms with Crippen LogP contribution in [0.1, 0.15) is 32.6 Å². The van der Waals surface area contributed by atoms with Gasteiger partial charge in [0.15, 0.2) is 0 Å². The molecule has 0 radical (unpaired) electrons. The van der Waals surface area contributed by atoms with Crippen LogP contribution in [0.3, 0.4) is 0 Å². The molecule has 216 valence electrons. The van der Waals surface area contributed by atoms with Crippen molar-refractivity contribution in [2.45, 2.75) is 49.6 Å². The minimum atomic E-state index is -3.93. The first-order chi connectivity index (χ1) is 19.1. The van der Waals surface area contributed by atoms with Gasteiger partial charge in [0.1, 0.15) is 6.04 Å². The number of hydrogen-bond donors (Lipinski definition) is 1. The van der Waals surface area contributed by atoms with E-state index in [0.29, 0.717) is 39.0 Å². The van der Waals surface area contributed by atoms with E-state index in [1.807, 2.05) is 28.0 Å². The Bertz CT molecular complexity index is 1390. The Hall–Kier alpha value is -2.54. The van der Waals surface area contributed by atoms with Gasteiger partial charge in [-0.3, -0.25) is 19.3 Å². The van der Waals surface area contributed by atoms with Gasteiger partial charge in [0, 0.05) is 63.3 Å². The van der Waals surface area contributed by atoms with Crippen molar-refractivity contribution in [3.63, 3.8) is 0 Å². The van der Waals surface area contributed by atoms with Crippen molar-refractivity contribution in [3.8, 4) is 0 Å². The summed E-state index contributed by atoms with van der Waals surface area (Å²) < 4.78 is 29.9. The van der Waals surface area contributed by atoms with E-state index in [4.69, 9.17) is 0 Å². The Morgan fingerprint density at radius 3 is 2.40 bits per heavy atom. The molecule has 3 aliphatic heterocycles. The van der Waals surface area contributed by atoms with E-state index in [1.165, 1.54) is 4.90 Å². The number of rotatable bonds is 7. The molecule has 3 fully saturated rings. The van der Waals surface area contributed by atoms with E-state index in [1.54, 1.807) is 25.1 Å². The number of likely N-dealkylation sites (tertiary alicyclic amines) is 2. The van der Waals surface area contributed by atoms with Crippen LogP contribution in [-0.4, -0.2) is 110 Å². The highest BCUT2D eigenvalue weighted by Crippen LogP contribution is 2.24. The second-order valence-corrected chi connectivity index (χ2v) is 13.5. The van der Waals surface area contributed by atoms with Crippen LogP contribution < -0.4 is 4.72 Å². The third-order valence-corrected chi connectivity index (χ3v) is 10.2. The lowest BCUT2D eigenvalue weighted by Crippen LogP contribution is -2.56. The number of nitrogens with one attached hydrogen (secondary N) is 1. The third-order valence-electron chi connectivity index (χ3n) is 8.22. The number of benzene rings is 2. The highest BCUT2D eigenvalue weighted by Gasteiger charge is 2.36. The number of carbonyl (C=O) groups excluding carboxylic acids is 3. The summed E-state index contributed by atoms with van der Waals surface area (Å²) in [5.74, 6) is -0.360. The van der Waals surface area contributed by atoms with Gasteiger partial charge in [-0.25, -0.2) is 8.42 Å². The fraction of sp³-hybridized carbons (Fsp3) is 0.536. The summed E-state index contributed by atoms with van der Waals surface area (Å²) >= 11 is 3.42. The second kappa shape index (κ2) is 12.1. The predicted octanol–water partition coefficient (Wildman–Crippen LogP) is 2.03. The summed E-state index contributed by atoms with van der Waals surface area (Å²) in [4.78, 5) is 45.9. The minimum Gasteiger partial charge on any atom is -0.340 e. The van der Waals surface area contributed by atoms with Gasteiger partial charge < -0.3 is 14.7 Å². The van der Waals surface area contributed by atoms with Crippen molar-refractivity contribution in [1.29, 1.82) is 0 Å². The lowest BCUT2D eigenvalue weighted by molar-refractivity contribution is -0.143. The molecular weight excluding hydrogens is 598 g/mol. The summed E-state index contributed by atoms with van der Waals surface area (Å²) in [7, 11) is -3.93. The van der Waals surface area contributed by atoms with Crippen LogP contribution in [0.5, 0.6) is 0 Å². The number of fused-ring (bicyclic) bond motifs is 1. The summed E-state index contributed by atoms with van der Waals surface area (Å²) in [5.41, 5.74) is 0. The molecule has 1 N–H and O–H groups in total. The zero-order valence-electron chi connectivity index (χ0n) is 22.7. The SMILES string of the molecule is CC(=O)N1CCN(C[C@@H]2CCCN2C(=O)CN2CCCC(NS(=O)(=O)c3ccc4cc(Br)ccc4c3)C2=O)CC1. The molecule has 40 heavy (non-hydrogen) atoms. The maximum Gasteiger partial charge on any atom is 0.242 e. The number of sulfonamides is 1. The Balaban J connectivity index is 1.19. The Morgan fingerprint density at radius 1 is 0.950 bits per heavy atom. The molecule has 0 aromatic heterocycles. The van der Waals surface area contributed by atoms with Gasteiger partial charge in [-0.2, -0.15) is 4.72 Å². The van der Waals surface area contributed by atoms with Crippen LogP contribution >= 0.6 is 15.9 Å². The van der Waals surface area contributed by atoms with Crippen LogP contribution in [0.25, 0.3) is 10.8 Å². The largest absolute Gasteiger partial charge is 0.340 e. The van der Waals surface area contributed by atoms with Crippen LogP contribution in [0.2, 0.25) is 0 Å². The van der Waals surface area contributed by atoms with Crippen molar-refractivity contribution >= 4 is 54.4 Å². The van der Waals surface area contributed by atoms with Gasteiger partial charge in [-0.05, 0) is 60.7 Å². The van der Waals surface area contributed by atoms with Gasteiger partial charge in [0.05, 0.1) is 11.4 Å². The number of piperazine rings is 1. The zero-order chi connectivity index (χ0) is 28.4. The molecule has 3 aliphatic rings. The molecule has 3 heterocycles. The normalized spacial score (nSPS) is 22.8. The molecule has 1 unspecified atom stereocenters. The quantitative estimate of drug-likeness (QED) is 0.500. The summed E-state index contributed by atoms with van der Waals surface area (Å²) in [5, 5.41) is 1.69. The Kier molecular flexibility index (Phi) is 8.79. The second-order valence-electron chi connectivity index (χ2n) is 10.9. The first kappa shape index (κ1) is 29.0. The summed E-state index contributed by atoms with van der Waals surface area (Å²) in [6, 6.07) is 9.68. The van der Waals surface area contributed by atoms with Crippen LogP contribution in [0, 0.1) is 0 Å². The fourth-order valence-corrected chi connectivity index (χ4v) is 7.61. The highest BCUT2D eigenvalue weighted by molar-refractivity contribution is 9.10. The smallest absolute Gasteiger partial charge is 0.242 e. The van der Waals surface area contributed by atoms with Crippen molar-refractivity contribution < 1.29 is 22.8 Å². The van der Waals surface area contributed by atoms with E-state index < -0.39 is 16.1 Å². The average Bonchev–Trinajstić information content (AvgIpc) is 3.39. The number of piperidine rings is 1. The zero-order valence-corrected chi connectivity index (χ0v) is 25.1. The maximum atomic E-state index is 13.3. The average molecular weight is 635 g/mol. The molecular formula is C28H36BrN5O5S. The third kappa shape index (κ3) is 6.50. The van der Waals surface area contributed by atoms with Crippen molar-refractivity contribution in [1.82, 2.24) is 24.3 Å². The van der Waals surface area contributed by atoms with E-state index >= 15 is 0 Å². The molecule has 0 saturated carbocycles. The van der Waals surface area contributed by atoms with Gasteiger partial charge in [0.25, 0.3) is 0 Å². The number of carbonyl (C=O) groups is 3. The van der Waals surface area contributed by atoms with Crippen molar-refractivity contribution in [3.05, 3.63) is 40.9 Å². The topological polar surface area (TPSA) is 110 Å². The summed E-state index contributed by atoms with van der Waals surface area (Å²) in [6.07, 6.45) is 2.84. The maximum absolute atomic E-state index is 13.3. The van der Waals surface area contributed by atoms with E-state index in [-0.39, 0.29) is 35.2 Å². The number of amides is 3. The van der Waals surface area contributed by atoms with Crippen LogP contribution in [0.15, 0.2) is 45.8 Å². The first-order valence-corrected chi connectivity index (χ1v) is 16.2. The molecule has 2 aromatic carbocycles. The molecule has 0 aliphatic carbocycles. The van der Waals surface area contributed by atoms with Gasteiger partial charge in [0.2, 0.25) is 27.7 Å². The molecule has 0 bridgehead atoms. The standard InChI is InChI=1S/C28H36BrN5O5S/c1-20(35)32-14-12-31(13-15-32)18-24-4-2-11-34(24)27(36)19-33-10-3-5-26(28(33)37)30-40(38,39)25-9-7-21-16-23(29)8-6-22(21)17-25/h6-9,16-17,24,26,30H,2-5,10-15,18-19H2,1H3/t24-,26?/m0/s1. The Labute approximate surface area is 243 Å². The Morgan fingerprint density at radius 2 is 1.65 bits per heavy atom. The highest BCUT2D eigenvalue weighted by atomic mass is 79.9. The van der Waals surface area contributed by atoms with Gasteiger partial charge in [-0.15, -0.1) is 0 Å². The number of hydrogen-bond acceptors (Lipinski definition) is 6. The van der Waals surface area contributed by atoms with Crippen molar-refractivity contribution in [2.24, 2.45) is 0 Å². The molecule has 3 amide bonds.